The molecule has 0 amide bonds. The van der Waals surface area contributed by atoms with Gasteiger partial charge in [0.2, 0.25) is 0 Å². The summed E-state index contributed by atoms with van der Waals surface area (Å²) in [5.74, 6) is 6.41. The molecule has 2 rings (SSSR count). The molecule has 0 saturated carbocycles. The highest BCUT2D eigenvalue weighted by Gasteiger charge is 2.09. The lowest BCUT2D eigenvalue weighted by Crippen LogP contribution is -2.18. The van der Waals surface area contributed by atoms with Crippen molar-refractivity contribution >= 4 is 0 Å². The Balaban J connectivity index is 2.03. The molecule has 0 spiro atoms. The van der Waals surface area contributed by atoms with Crippen LogP contribution >= 0.6 is 0 Å². The van der Waals surface area contributed by atoms with Crippen LogP contribution in [0.25, 0.3) is 0 Å². The summed E-state index contributed by atoms with van der Waals surface area (Å²) < 4.78 is 0. The minimum atomic E-state index is 0.417. The van der Waals surface area contributed by atoms with Gasteiger partial charge in [-0.05, 0) is 31.5 Å². The molecule has 0 bridgehead atoms. The van der Waals surface area contributed by atoms with E-state index in [4.69, 9.17) is 0 Å². The van der Waals surface area contributed by atoms with E-state index in [0.717, 1.165) is 12.1 Å². The molecule has 0 aromatic heterocycles. The number of benzene rings is 1. The molecule has 0 unspecified atom stereocenters. The Labute approximate surface area is 79.2 Å². The lowest BCUT2D eigenvalue weighted by Gasteiger charge is -1.97. The van der Waals surface area contributed by atoms with Gasteiger partial charge in [0.1, 0.15) is 0 Å². The molecule has 0 radical (unpaired) electrons. The van der Waals surface area contributed by atoms with Crippen molar-refractivity contribution in [3.63, 3.8) is 0 Å². The van der Waals surface area contributed by atoms with Gasteiger partial charge in [0.25, 0.3) is 0 Å². The molecule has 0 aliphatic carbocycles. The van der Waals surface area contributed by atoms with Crippen LogP contribution in [0.2, 0.25) is 0 Å². The predicted molar refractivity (Wildman–Crippen MR) is 54.3 cm³/mol. The van der Waals surface area contributed by atoms with Crippen molar-refractivity contribution in [2.24, 2.45) is 0 Å². The van der Waals surface area contributed by atoms with E-state index in [-0.39, 0.29) is 0 Å². The van der Waals surface area contributed by atoms with Crippen molar-refractivity contribution in [2.45, 2.75) is 18.9 Å². The predicted octanol–water partition coefficient (Wildman–Crippen LogP) is 1.79. The molecular formula is C12H13N. The minimum Gasteiger partial charge on any atom is -0.304 e. The van der Waals surface area contributed by atoms with E-state index in [1.54, 1.807) is 0 Å². The zero-order valence-corrected chi connectivity index (χ0v) is 7.59. The third kappa shape index (κ3) is 2.34. The van der Waals surface area contributed by atoms with E-state index in [0.29, 0.717) is 6.04 Å². The normalized spacial score (nSPS) is 20.8. The van der Waals surface area contributed by atoms with Gasteiger partial charge in [-0.2, -0.15) is 0 Å². The van der Waals surface area contributed by atoms with Crippen LogP contribution in [-0.2, 0) is 0 Å². The molecule has 13 heavy (non-hydrogen) atoms. The van der Waals surface area contributed by atoms with Gasteiger partial charge < -0.3 is 5.32 Å². The average Bonchev–Trinajstić information content (AvgIpc) is 2.69. The zero-order valence-electron chi connectivity index (χ0n) is 7.59. The third-order valence-electron chi connectivity index (χ3n) is 2.22. The first-order valence-corrected chi connectivity index (χ1v) is 4.75. The van der Waals surface area contributed by atoms with Crippen LogP contribution in [0.3, 0.4) is 0 Å². The molecule has 1 heterocycles. The molecule has 1 heteroatoms. The third-order valence-corrected chi connectivity index (χ3v) is 2.22. The van der Waals surface area contributed by atoms with Gasteiger partial charge in [-0.3, -0.25) is 0 Å². The molecule has 1 atom stereocenters. The molecule has 1 aromatic carbocycles. The summed E-state index contributed by atoms with van der Waals surface area (Å²) in [4.78, 5) is 0. The SMILES string of the molecule is C(#C[C@@H]1CCCN1)c1ccccc1. The van der Waals surface area contributed by atoms with E-state index in [2.05, 4.69) is 17.2 Å². The summed E-state index contributed by atoms with van der Waals surface area (Å²) in [7, 11) is 0. The van der Waals surface area contributed by atoms with Crippen LogP contribution in [0.1, 0.15) is 18.4 Å². The summed E-state index contributed by atoms with van der Waals surface area (Å²) in [6.45, 7) is 1.12. The minimum absolute atomic E-state index is 0.417. The summed E-state index contributed by atoms with van der Waals surface area (Å²) in [5.41, 5.74) is 1.11. The van der Waals surface area contributed by atoms with E-state index in [9.17, 15) is 0 Å². The fourth-order valence-corrected chi connectivity index (χ4v) is 1.50. The number of hydrogen-bond donors (Lipinski definition) is 1. The maximum atomic E-state index is 3.35. The second-order valence-corrected chi connectivity index (χ2v) is 3.28. The Morgan fingerprint density at radius 3 is 2.77 bits per heavy atom. The van der Waals surface area contributed by atoms with Crippen LogP contribution in [0.5, 0.6) is 0 Å². The molecular weight excluding hydrogens is 158 g/mol. The van der Waals surface area contributed by atoms with Crippen LogP contribution in [0.4, 0.5) is 0 Å². The van der Waals surface area contributed by atoms with E-state index >= 15 is 0 Å². The van der Waals surface area contributed by atoms with Gasteiger partial charge in [-0.1, -0.05) is 30.0 Å². The van der Waals surface area contributed by atoms with E-state index in [1.807, 2.05) is 30.3 Å². The highest BCUT2D eigenvalue weighted by molar-refractivity contribution is 5.34. The molecule has 1 N–H and O–H groups in total. The van der Waals surface area contributed by atoms with Gasteiger partial charge in [0.05, 0.1) is 6.04 Å². The van der Waals surface area contributed by atoms with Crippen molar-refractivity contribution in [3.8, 4) is 11.8 Å². The van der Waals surface area contributed by atoms with Gasteiger partial charge in [-0.25, -0.2) is 0 Å². The molecule has 1 nitrogen and oxygen atoms in total. The summed E-state index contributed by atoms with van der Waals surface area (Å²) in [6.07, 6.45) is 2.45. The lowest BCUT2D eigenvalue weighted by molar-refractivity contribution is 0.749. The first-order valence-electron chi connectivity index (χ1n) is 4.75. The highest BCUT2D eigenvalue weighted by Crippen LogP contribution is 2.03. The Morgan fingerprint density at radius 2 is 2.08 bits per heavy atom. The molecule has 1 aliphatic heterocycles. The van der Waals surface area contributed by atoms with Crippen molar-refractivity contribution in [1.29, 1.82) is 0 Å². The van der Waals surface area contributed by atoms with Crippen molar-refractivity contribution in [1.82, 2.24) is 5.32 Å². The molecule has 1 aromatic rings. The molecule has 1 aliphatic rings. The second kappa shape index (κ2) is 4.11. The number of rotatable bonds is 0. The van der Waals surface area contributed by atoms with Gasteiger partial charge >= 0.3 is 0 Å². The fraction of sp³-hybridized carbons (Fsp3) is 0.333. The van der Waals surface area contributed by atoms with Gasteiger partial charge in [0, 0.05) is 5.56 Å². The smallest absolute Gasteiger partial charge is 0.0693 e. The lowest BCUT2D eigenvalue weighted by atomic mass is 10.2. The monoisotopic (exact) mass is 171 g/mol. The number of nitrogens with one attached hydrogen (secondary N) is 1. The second-order valence-electron chi connectivity index (χ2n) is 3.28. The summed E-state index contributed by atoms with van der Waals surface area (Å²) >= 11 is 0. The number of hydrogen-bond acceptors (Lipinski definition) is 1. The van der Waals surface area contributed by atoms with E-state index < -0.39 is 0 Å². The summed E-state index contributed by atoms with van der Waals surface area (Å²) in [6, 6.07) is 10.6. The molecule has 1 fully saturated rings. The highest BCUT2D eigenvalue weighted by atomic mass is 14.9. The van der Waals surface area contributed by atoms with Gasteiger partial charge in [0.15, 0.2) is 0 Å². The maximum absolute atomic E-state index is 3.35. The van der Waals surface area contributed by atoms with Crippen LogP contribution in [0.15, 0.2) is 30.3 Å². The Bertz CT molecular complexity index is 312. The van der Waals surface area contributed by atoms with E-state index in [1.165, 1.54) is 12.8 Å². The summed E-state index contributed by atoms with van der Waals surface area (Å²) in [5, 5.41) is 3.35. The Morgan fingerprint density at radius 1 is 1.23 bits per heavy atom. The van der Waals surface area contributed by atoms with Gasteiger partial charge in [-0.15, -0.1) is 0 Å². The maximum Gasteiger partial charge on any atom is 0.0693 e. The zero-order chi connectivity index (χ0) is 8.93. The van der Waals surface area contributed by atoms with Crippen LogP contribution < -0.4 is 5.32 Å². The van der Waals surface area contributed by atoms with Crippen molar-refractivity contribution < 1.29 is 0 Å². The quantitative estimate of drug-likeness (QED) is 0.587. The van der Waals surface area contributed by atoms with Crippen LogP contribution in [0, 0.1) is 11.8 Å². The van der Waals surface area contributed by atoms with Crippen molar-refractivity contribution in [2.75, 3.05) is 6.54 Å². The Kier molecular flexibility index (Phi) is 2.64. The first-order chi connectivity index (χ1) is 6.45. The average molecular weight is 171 g/mol. The largest absolute Gasteiger partial charge is 0.304 e. The van der Waals surface area contributed by atoms with Crippen molar-refractivity contribution in [3.05, 3.63) is 35.9 Å². The van der Waals surface area contributed by atoms with Crippen LogP contribution in [-0.4, -0.2) is 12.6 Å². The standard InChI is InChI=1S/C12H13N/c1-2-5-11(6-3-1)8-9-12-7-4-10-13-12/h1-3,5-6,12-13H,4,7,10H2/t12-/m0/s1. The topological polar surface area (TPSA) is 12.0 Å². The molecule has 66 valence electrons. The first kappa shape index (κ1) is 8.34. The Hall–Kier alpha value is -1.26. The fourth-order valence-electron chi connectivity index (χ4n) is 1.50. The molecule has 1 saturated heterocycles.